The van der Waals surface area contributed by atoms with Gasteiger partial charge < -0.3 is 14.7 Å². The van der Waals surface area contributed by atoms with Crippen LogP contribution in [0.15, 0.2) is 0 Å². The van der Waals surface area contributed by atoms with Gasteiger partial charge in [-0.3, -0.25) is 4.79 Å². The number of carboxylic acids is 1. The topological polar surface area (TPSA) is 66.8 Å². The van der Waals surface area contributed by atoms with Crippen molar-refractivity contribution in [3.8, 4) is 0 Å². The molecule has 0 saturated carbocycles. The average molecular weight is 255 g/mol. The summed E-state index contributed by atoms with van der Waals surface area (Å²) < 4.78 is 39.4. The van der Waals surface area contributed by atoms with E-state index < -0.39 is 30.8 Å². The Morgan fingerprint density at radius 3 is 2.59 bits per heavy atom. The van der Waals surface area contributed by atoms with Crippen LogP contribution in [0.3, 0.4) is 0 Å². The number of carbonyl (C=O) groups is 2. The molecule has 0 bridgehead atoms. The van der Waals surface area contributed by atoms with E-state index in [1.54, 1.807) is 0 Å². The molecule has 8 heteroatoms. The second-order valence-corrected chi connectivity index (χ2v) is 3.79. The number of hydrogen-bond acceptors (Lipinski definition) is 3. The molecule has 17 heavy (non-hydrogen) atoms. The van der Waals surface area contributed by atoms with Crippen molar-refractivity contribution in [3.63, 3.8) is 0 Å². The van der Waals surface area contributed by atoms with Crippen molar-refractivity contribution in [2.45, 2.75) is 19.0 Å². The maximum atomic E-state index is 11.8. The molecule has 1 aliphatic heterocycles. The molecule has 1 N–H and O–H groups in total. The second-order valence-electron chi connectivity index (χ2n) is 3.79. The first-order valence-electron chi connectivity index (χ1n) is 5.01. The molecule has 0 aromatic rings. The van der Waals surface area contributed by atoms with Gasteiger partial charge in [0.15, 0.2) is 6.61 Å². The maximum Gasteiger partial charge on any atom is 0.422 e. The average Bonchev–Trinajstić information content (AvgIpc) is 2.25. The van der Waals surface area contributed by atoms with Crippen molar-refractivity contribution in [1.82, 2.24) is 4.90 Å². The lowest BCUT2D eigenvalue weighted by atomic mass is 9.99. The Kier molecular flexibility index (Phi) is 4.19. The van der Waals surface area contributed by atoms with Gasteiger partial charge >= 0.3 is 18.2 Å². The zero-order valence-electron chi connectivity index (χ0n) is 8.87. The monoisotopic (exact) mass is 255 g/mol. The van der Waals surface area contributed by atoms with Gasteiger partial charge in [-0.25, -0.2) is 4.79 Å². The van der Waals surface area contributed by atoms with E-state index in [4.69, 9.17) is 5.11 Å². The van der Waals surface area contributed by atoms with Crippen LogP contribution in [-0.4, -0.2) is 47.9 Å². The summed E-state index contributed by atoms with van der Waals surface area (Å²) in [5.74, 6) is -1.79. The van der Waals surface area contributed by atoms with Crippen LogP contribution in [0.25, 0.3) is 0 Å². The molecular formula is C9H12F3NO4. The molecule has 0 aromatic heterocycles. The Bertz CT molecular complexity index is 305. The molecule has 5 nitrogen and oxygen atoms in total. The second kappa shape index (κ2) is 5.24. The molecule has 1 saturated heterocycles. The number of alkyl halides is 3. The predicted octanol–water partition coefficient (Wildman–Crippen LogP) is 1.48. The number of piperidine rings is 1. The highest BCUT2D eigenvalue weighted by Crippen LogP contribution is 2.19. The highest BCUT2D eigenvalue weighted by atomic mass is 19.4. The number of carbonyl (C=O) groups excluding carboxylic acids is 1. The lowest BCUT2D eigenvalue weighted by molar-refractivity contribution is -0.163. The van der Waals surface area contributed by atoms with Crippen LogP contribution in [0.2, 0.25) is 0 Å². The molecular weight excluding hydrogens is 243 g/mol. The number of ether oxygens (including phenoxy) is 1. The van der Waals surface area contributed by atoms with Crippen molar-refractivity contribution in [2.24, 2.45) is 5.92 Å². The van der Waals surface area contributed by atoms with E-state index in [1.165, 1.54) is 0 Å². The minimum absolute atomic E-state index is 0.105. The fourth-order valence-electron chi connectivity index (χ4n) is 1.58. The Balaban J connectivity index is 2.44. The molecule has 1 amide bonds. The zero-order chi connectivity index (χ0) is 13.1. The number of rotatable bonds is 2. The van der Waals surface area contributed by atoms with Crippen LogP contribution < -0.4 is 0 Å². The van der Waals surface area contributed by atoms with E-state index in [0.29, 0.717) is 12.8 Å². The first-order valence-corrected chi connectivity index (χ1v) is 5.01. The van der Waals surface area contributed by atoms with Crippen LogP contribution in [0.4, 0.5) is 18.0 Å². The lowest BCUT2D eigenvalue weighted by Crippen LogP contribution is -2.43. The molecule has 1 rings (SSSR count). The quantitative estimate of drug-likeness (QED) is 0.811. The van der Waals surface area contributed by atoms with Crippen molar-refractivity contribution in [2.75, 3.05) is 19.7 Å². The predicted molar refractivity (Wildman–Crippen MR) is 49.3 cm³/mol. The Morgan fingerprint density at radius 2 is 2.06 bits per heavy atom. The number of likely N-dealkylation sites (tertiary alicyclic amines) is 1. The fourth-order valence-corrected chi connectivity index (χ4v) is 1.58. The van der Waals surface area contributed by atoms with Gasteiger partial charge in [-0.05, 0) is 12.8 Å². The molecule has 1 fully saturated rings. The van der Waals surface area contributed by atoms with Gasteiger partial charge in [0.05, 0.1) is 5.92 Å². The van der Waals surface area contributed by atoms with Crippen LogP contribution in [0.1, 0.15) is 12.8 Å². The van der Waals surface area contributed by atoms with Gasteiger partial charge in [-0.2, -0.15) is 13.2 Å². The first-order chi connectivity index (χ1) is 7.79. The summed E-state index contributed by atoms with van der Waals surface area (Å²) in [5, 5.41) is 8.74. The Labute approximate surface area is 95.1 Å². The smallest absolute Gasteiger partial charge is 0.422 e. The number of amides is 1. The van der Waals surface area contributed by atoms with Gasteiger partial charge in [0.2, 0.25) is 0 Å². The number of nitrogens with zero attached hydrogens (tertiary/aromatic N) is 1. The third-order valence-electron chi connectivity index (χ3n) is 2.39. The van der Waals surface area contributed by atoms with E-state index in [9.17, 15) is 22.8 Å². The SMILES string of the molecule is O=C(O)[C@H]1CCCN(C(=O)OCC(F)(F)F)C1. The molecule has 0 aliphatic carbocycles. The molecule has 0 aromatic carbocycles. The first kappa shape index (κ1) is 13.6. The molecule has 1 atom stereocenters. The van der Waals surface area contributed by atoms with Gasteiger partial charge in [-0.15, -0.1) is 0 Å². The molecule has 0 spiro atoms. The Morgan fingerprint density at radius 1 is 1.41 bits per heavy atom. The van der Waals surface area contributed by atoms with Crippen molar-refractivity contribution in [3.05, 3.63) is 0 Å². The van der Waals surface area contributed by atoms with Crippen LogP contribution >= 0.6 is 0 Å². The number of carboxylic acid groups (broad SMARTS) is 1. The van der Waals surface area contributed by atoms with Gasteiger partial charge in [-0.1, -0.05) is 0 Å². The lowest BCUT2D eigenvalue weighted by Gasteiger charge is -2.29. The summed E-state index contributed by atoms with van der Waals surface area (Å²) in [6.07, 6.45) is -4.83. The fraction of sp³-hybridized carbons (Fsp3) is 0.778. The molecule has 98 valence electrons. The normalized spacial score (nSPS) is 21.1. The molecule has 1 aliphatic rings. The largest absolute Gasteiger partial charge is 0.481 e. The number of hydrogen-bond donors (Lipinski definition) is 1. The van der Waals surface area contributed by atoms with E-state index in [2.05, 4.69) is 4.74 Å². The zero-order valence-corrected chi connectivity index (χ0v) is 8.87. The highest BCUT2D eigenvalue weighted by molar-refractivity contribution is 5.73. The van der Waals surface area contributed by atoms with Crippen molar-refractivity contribution < 1.29 is 32.6 Å². The van der Waals surface area contributed by atoms with Crippen LogP contribution in [0.5, 0.6) is 0 Å². The van der Waals surface area contributed by atoms with Crippen LogP contribution in [0, 0.1) is 5.92 Å². The summed E-state index contributed by atoms with van der Waals surface area (Å²) in [6, 6.07) is 0. The van der Waals surface area contributed by atoms with Gasteiger partial charge in [0, 0.05) is 13.1 Å². The molecule has 1 heterocycles. The minimum atomic E-state index is -4.57. The standard InChI is InChI=1S/C9H12F3NO4/c10-9(11,12)5-17-8(16)13-3-1-2-6(4-13)7(14)15/h6H,1-5H2,(H,14,15)/t6-/m0/s1. The van der Waals surface area contributed by atoms with Gasteiger partial charge in [0.25, 0.3) is 0 Å². The van der Waals surface area contributed by atoms with E-state index in [-0.39, 0.29) is 13.1 Å². The minimum Gasteiger partial charge on any atom is -0.481 e. The van der Waals surface area contributed by atoms with Crippen molar-refractivity contribution in [1.29, 1.82) is 0 Å². The third kappa shape index (κ3) is 4.49. The summed E-state index contributed by atoms with van der Waals surface area (Å²) in [5.41, 5.74) is 0. The Hall–Kier alpha value is -1.47. The summed E-state index contributed by atoms with van der Waals surface area (Å²) in [4.78, 5) is 22.9. The number of aliphatic carboxylic acids is 1. The van der Waals surface area contributed by atoms with E-state index >= 15 is 0 Å². The maximum absolute atomic E-state index is 11.8. The summed E-state index contributed by atoms with van der Waals surface area (Å²) in [7, 11) is 0. The molecule has 0 radical (unpaired) electrons. The van der Waals surface area contributed by atoms with E-state index in [1.807, 2.05) is 0 Å². The third-order valence-corrected chi connectivity index (χ3v) is 2.39. The highest BCUT2D eigenvalue weighted by Gasteiger charge is 2.33. The number of halogens is 3. The van der Waals surface area contributed by atoms with Gasteiger partial charge in [0.1, 0.15) is 0 Å². The molecule has 0 unspecified atom stereocenters. The summed E-state index contributed by atoms with van der Waals surface area (Å²) >= 11 is 0. The summed E-state index contributed by atoms with van der Waals surface area (Å²) in [6.45, 7) is -1.54. The van der Waals surface area contributed by atoms with Crippen molar-refractivity contribution >= 4 is 12.1 Å². The van der Waals surface area contributed by atoms with Crippen LogP contribution in [-0.2, 0) is 9.53 Å². The van der Waals surface area contributed by atoms with E-state index in [0.717, 1.165) is 4.90 Å².